The van der Waals surface area contributed by atoms with Gasteiger partial charge in [0.05, 0.1) is 12.0 Å². The molecule has 6 fully saturated rings. The molecular formula is C31H44F3NO4. The number of ether oxygens (including phenoxy) is 2. The first-order chi connectivity index (χ1) is 18.8. The van der Waals surface area contributed by atoms with E-state index in [0.29, 0.717) is 44.0 Å². The lowest BCUT2D eigenvalue weighted by atomic mass is 9.53. The zero-order valence-electron chi connectivity index (χ0n) is 23.2. The quantitative estimate of drug-likeness (QED) is 0.186. The van der Waals surface area contributed by atoms with Crippen molar-refractivity contribution in [3.63, 3.8) is 0 Å². The van der Waals surface area contributed by atoms with Gasteiger partial charge in [0.25, 0.3) is 0 Å². The largest absolute Gasteiger partial charge is 0.492 e. The van der Waals surface area contributed by atoms with E-state index in [2.05, 4.69) is 17.0 Å². The summed E-state index contributed by atoms with van der Waals surface area (Å²) in [4.78, 5) is 14.4. The fraction of sp³-hybridized carbons (Fsp3) is 0.806. The number of alkyl halides is 3. The van der Waals surface area contributed by atoms with E-state index < -0.39 is 17.9 Å². The van der Waals surface area contributed by atoms with Crippen molar-refractivity contribution in [3.05, 3.63) is 29.8 Å². The summed E-state index contributed by atoms with van der Waals surface area (Å²) in [5, 5.41) is 0. The molecule has 1 aromatic carbocycles. The van der Waals surface area contributed by atoms with Crippen LogP contribution in [0.4, 0.5) is 13.2 Å². The molecule has 0 N–H and O–H groups in total. The summed E-state index contributed by atoms with van der Waals surface area (Å²) in [6.07, 6.45) is 6.81. The summed E-state index contributed by atoms with van der Waals surface area (Å²) >= 11 is 0. The molecule has 218 valence electrons. The molecule has 4 bridgehead atoms. The Morgan fingerprint density at radius 3 is 2.03 bits per heavy atom. The number of benzene rings is 1. The molecule has 39 heavy (non-hydrogen) atoms. The normalized spacial score (nSPS) is 37.3. The molecule has 5 nitrogen and oxygen atoms in total. The van der Waals surface area contributed by atoms with Crippen LogP contribution in [0.1, 0.15) is 82.1 Å². The second kappa shape index (κ2) is 11.5. The highest BCUT2D eigenvalue weighted by Crippen LogP contribution is 2.60. The van der Waals surface area contributed by atoms with Gasteiger partial charge in [-0.15, -0.1) is 0 Å². The lowest BCUT2D eigenvalue weighted by molar-refractivity contribution is -0.485. The van der Waals surface area contributed by atoms with Crippen LogP contribution in [0, 0.1) is 29.6 Å². The smallest absolute Gasteiger partial charge is 0.391 e. The predicted octanol–water partition coefficient (Wildman–Crippen LogP) is 7.11. The Morgan fingerprint density at radius 2 is 1.46 bits per heavy atom. The number of rotatable bonds is 9. The standard InChI is InChI=1S/C31H44F3NO4/c1-36-30(26-17-21-16-22(19-26)20-27(30)18-21)39-38-29-8-4-24(5-9-29)23-2-6-28(7-3-23)37-15-14-35-12-10-25(11-13-35)31(32,33)34/h2-3,6-7,21-22,24-27,29H,4-5,8-20H2,1H3/t21?,22?,24-,26?,27?,29+,30?. The fourth-order valence-electron chi connectivity index (χ4n) is 8.59. The third-order valence-corrected chi connectivity index (χ3v) is 10.7. The SMILES string of the molecule is COC1(OO[C@H]2CC[C@@H](c3ccc(OCCN4CCC(C(F)(F)F)CC4)cc3)CC2)C2CC3CC(C2)CC1C3. The Labute approximate surface area is 230 Å². The maximum atomic E-state index is 12.9. The lowest BCUT2D eigenvalue weighted by Crippen LogP contribution is -2.60. The van der Waals surface area contributed by atoms with Crippen LogP contribution < -0.4 is 4.74 Å². The van der Waals surface area contributed by atoms with Gasteiger partial charge in [0.1, 0.15) is 12.4 Å². The second-order valence-corrected chi connectivity index (χ2v) is 13.0. The minimum Gasteiger partial charge on any atom is -0.492 e. The molecule has 0 spiro atoms. The topological polar surface area (TPSA) is 40.2 Å². The van der Waals surface area contributed by atoms with Crippen LogP contribution >= 0.6 is 0 Å². The highest BCUT2D eigenvalue weighted by atomic mass is 19.4. The highest BCUT2D eigenvalue weighted by molar-refractivity contribution is 5.29. The Bertz CT molecular complexity index is 910. The number of methoxy groups -OCH3 is 1. The van der Waals surface area contributed by atoms with E-state index >= 15 is 0 Å². The lowest BCUT2D eigenvalue weighted by Gasteiger charge is -2.58. The first kappa shape index (κ1) is 27.8. The van der Waals surface area contributed by atoms with Gasteiger partial charge in [0.15, 0.2) is 0 Å². The second-order valence-electron chi connectivity index (χ2n) is 13.0. The molecule has 0 amide bonds. The fourth-order valence-corrected chi connectivity index (χ4v) is 8.59. The summed E-state index contributed by atoms with van der Waals surface area (Å²) in [6, 6.07) is 8.35. The van der Waals surface area contributed by atoms with Crippen molar-refractivity contribution in [2.24, 2.45) is 29.6 Å². The molecule has 1 aliphatic heterocycles. The maximum absolute atomic E-state index is 12.9. The van der Waals surface area contributed by atoms with Crippen molar-refractivity contribution in [3.8, 4) is 5.75 Å². The van der Waals surface area contributed by atoms with Crippen LogP contribution in [0.5, 0.6) is 5.75 Å². The first-order valence-electron chi connectivity index (χ1n) is 15.2. The van der Waals surface area contributed by atoms with E-state index in [-0.39, 0.29) is 18.9 Å². The molecule has 0 aromatic heterocycles. The molecule has 6 aliphatic rings. The molecule has 7 rings (SSSR count). The Kier molecular flexibility index (Phi) is 8.20. The van der Waals surface area contributed by atoms with Gasteiger partial charge in [-0.25, -0.2) is 9.78 Å². The van der Waals surface area contributed by atoms with Crippen molar-refractivity contribution in [1.82, 2.24) is 4.90 Å². The third-order valence-electron chi connectivity index (χ3n) is 10.7. The zero-order valence-corrected chi connectivity index (χ0v) is 23.2. The summed E-state index contributed by atoms with van der Waals surface area (Å²) < 4.78 is 50.5. The molecule has 0 atom stereocenters. The Balaban J connectivity index is 0.914. The van der Waals surface area contributed by atoms with Gasteiger partial charge in [-0.3, -0.25) is 4.90 Å². The van der Waals surface area contributed by atoms with Gasteiger partial charge in [0, 0.05) is 25.5 Å². The summed E-state index contributed by atoms with van der Waals surface area (Å²) in [7, 11) is 1.80. The maximum Gasteiger partial charge on any atom is 0.391 e. The van der Waals surface area contributed by atoms with E-state index in [1.807, 2.05) is 12.1 Å². The van der Waals surface area contributed by atoms with Crippen molar-refractivity contribution >= 4 is 0 Å². The molecule has 0 unspecified atom stereocenters. The average Bonchev–Trinajstić information content (AvgIpc) is 2.93. The molecule has 5 saturated carbocycles. The number of nitrogens with zero attached hydrogens (tertiary/aromatic N) is 1. The molecule has 1 aromatic rings. The van der Waals surface area contributed by atoms with Gasteiger partial charge in [0.2, 0.25) is 5.79 Å². The number of piperidine rings is 1. The number of hydrogen-bond acceptors (Lipinski definition) is 5. The monoisotopic (exact) mass is 551 g/mol. The van der Waals surface area contributed by atoms with Gasteiger partial charge < -0.3 is 9.47 Å². The van der Waals surface area contributed by atoms with E-state index in [0.717, 1.165) is 43.3 Å². The Morgan fingerprint density at radius 1 is 0.846 bits per heavy atom. The molecule has 1 saturated heterocycles. The molecule has 1 heterocycles. The van der Waals surface area contributed by atoms with Crippen LogP contribution in [0.15, 0.2) is 24.3 Å². The average molecular weight is 552 g/mol. The molecule has 8 heteroatoms. The zero-order chi connectivity index (χ0) is 27.0. The van der Waals surface area contributed by atoms with E-state index in [1.165, 1.54) is 37.7 Å². The van der Waals surface area contributed by atoms with Crippen molar-refractivity contribution in [2.75, 3.05) is 33.4 Å². The Hall–Kier alpha value is -1.35. The van der Waals surface area contributed by atoms with Crippen LogP contribution in [0.3, 0.4) is 0 Å². The van der Waals surface area contributed by atoms with E-state index in [1.54, 1.807) is 7.11 Å². The summed E-state index contributed by atoms with van der Waals surface area (Å²) in [5.74, 6) is 2.28. The van der Waals surface area contributed by atoms with E-state index in [9.17, 15) is 13.2 Å². The van der Waals surface area contributed by atoms with Gasteiger partial charge in [-0.2, -0.15) is 13.2 Å². The molecule has 5 aliphatic carbocycles. The van der Waals surface area contributed by atoms with Crippen LogP contribution in [-0.4, -0.2) is 56.3 Å². The van der Waals surface area contributed by atoms with E-state index in [4.69, 9.17) is 19.2 Å². The van der Waals surface area contributed by atoms with Crippen LogP contribution in [0.25, 0.3) is 0 Å². The highest BCUT2D eigenvalue weighted by Gasteiger charge is 2.60. The van der Waals surface area contributed by atoms with Crippen molar-refractivity contribution < 1.29 is 32.4 Å². The first-order valence-corrected chi connectivity index (χ1v) is 15.2. The molecular weight excluding hydrogens is 507 g/mol. The third kappa shape index (κ3) is 6.00. The molecule has 0 radical (unpaired) electrons. The number of hydrogen-bond donors (Lipinski definition) is 0. The number of halogens is 3. The van der Waals surface area contributed by atoms with Crippen LogP contribution in [-0.2, 0) is 14.5 Å². The van der Waals surface area contributed by atoms with Gasteiger partial charge in [-0.1, -0.05) is 12.1 Å². The predicted molar refractivity (Wildman–Crippen MR) is 141 cm³/mol. The van der Waals surface area contributed by atoms with Crippen molar-refractivity contribution in [1.29, 1.82) is 0 Å². The minimum absolute atomic E-state index is 0.120. The summed E-state index contributed by atoms with van der Waals surface area (Å²) in [6.45, 7) is 2.12. The van der Waals surface area contributed by atoms with Crippen molar-refractivity contribution in [2.45, 2.75) is 94.6 Å². The van der Waals surface area contributed by atoms with Gasteiger partial charge in [-0.05, 0) is 119 Å². The summed E-state index contributed by atoms with van der Waals surface area (Å²) in [5.41, 5.74) is 1.32. The number of likely N-dealkylation sites (tertiary alicyclic amines) is 1. The van der Waals surface area contributed by atoms with Crippen LogP contribution in [0.2, 0.25) is 0 Å². The minimum atomic E-state index is -4.06. The van der Waals surface area contributed by atoms with Gasteiger partial charge >= 0.3 is 6.18 Å².